The van der Waals surface area contributed by atoms with E-state index >= 15 is 0 Å². The number of nitrogens with zero attached hydrogens (tertiary/aromatic N) is 3. The number of likely N-dealkylation sites (tertiary alicyclic amines) is 1. The highest BCUT2D eigenvalue weighted by Gasteiger charge is 2.29. The van der Waals surface area contributed by atoms with E-state index in [4.69, 9.17) is 16.1 Å². The lowest BCUT2D eigenvalue weighted by Gasteiger charge is -2.31. The van der Waals surface area contributed by atoms with Crippen LogP contribution in [0.4, 0.5) is 0 Å². The van der Waals surface area contributed by atoms with Crippen LogP contribution in [0.15, 0.2) is 28.8 Å². The summed E-state index contributed by atoms with van der Waals surface area (Å²) in [6, 6.07) is 7.77. The fourth-order valence-electron chi connectivity index (χ4n) is 3.01. The molecular formula is C18H22ClN3O2. The van der Waals surface area contributed by atoms with Gasteiger partial charge in [-0.2, -0.15) is 4.98 Å². The van der Waals surface area contributed by atoms with Crippen molar-refractivity contribution in [3.8, 4) is 0 Å². The van der Waals surface area contributed by atoms with E-state index in [2.05, 4.69) is 17.1 Å². The van der Waals surface area contributed by atoms with Crippen LogP contribution in [0.3, 0.4) is 0 Å². The molecule has 2 aromatic rings. The number of halogens is 1. The van der Waals surface area contributed by atoms with Crippen LogP contribution < -0.4 is 0 Å². The van der Waals surface area contributed by atoms with E-state index in [1.807, 2.05) is 29.2 Å². The number of piperidine rings is 1. The molecule has 0 saturated carbocycles. The molecule has 5 nitrogen and oxygen atoms in total. The number of rotatable bonds is 6. The maximum Gasteiger partial charge on any atom is 0.231 e. The summed E-state index contributed by atoms with van der Waals surface area (Å²) < 4.78 is 5.40. The average Bonchev–Trinajstić information content (AvgIpc) is 3.05. The van der Waals surface area contributed by atoms with Crippen molar-refractivity contribution < 1.29 is 9.32 Å². The van der Waals surface area contributed by atoms with E-state index in [1.165, 1.54) is 5.56 Å². The van der Waals surface area contributed by atoms with Crippen molar-refractivity contribution in [3.63, 3.8) is 0 Å². The fraction of sp³-hybridized carbons (Fsp3) is 0.500. The van der Waals surface area contributed by atoms with Crippen molar-refractivity contribution in [2.75, 3.05) is 13.1 Å². The van der Waals surface area contributed by atoms with E-state index in [9.17, 15) is 4.79 Å². The van der Waals surface area contributed by atoms with Crippen LogP contribution in [0, 0.1) is 0 Å². The van der Waals surface area contributed by atoms with E-state index in [0.717, 1.165) is 36.5 Å². The van der Waals surface area contributed by atoms with Crippen molar-refractivity contribution in [3.05, 3.63) is 46.6 Å². The molecule has 128 valence electrons. The number of carbonyl (C=O) groups excluding carboxylic acids is 1. The van der Waals surface area contributed by atoms with Crippen molar-refractivity contribution in [1.29, 1.82) is 0 Å². The lowest BCUT2D eigenvalue weighted by molar-refractivity contribution is -0.133. The van der Waals surface area contributed by atoms with Gasteiger partial charge in [0.15, 0.2) is 5.82 Å². The molecule has 6 heteroatoms. The van der Waals surface area contributed by atoms with Crippen LogP contribution in [0.25, 0.3) is 0 Å². The molecule has 0 aliphatic carbocycles. The van der Waals surface area contributed by atoms with Crippen LogP contribution in [-0.4, -0.2) is 34.0 Å². The van der Waals surface area contributed by atoms with Gasteiger partial charge in [0, 0.05) is 31.0 Å². The van der Waals surface area contributed by atoms with Gasteiger partial charge in [-0.3, -0.25) is 4.79 Å². The summed E-state index contributed by atoms with van der Waals surface area (Å²) in [7, 11) is 0. The molecule has 0 unspecified atom stereocenters. The Morgan fingerprint density at radius 1 is 1.29 bits per heavy atom. The summed E-state index contributed by atoms with van der Waals surface area (Å²) in [4.78, 5) is 18.6. The summed E-state index contributed by atoms with van der Waals surface area (Å²) in [5.41, 5.74) is 1.18. The molecule has 0 bridgehead atoms. The van der Waals surface area contributed by atoms with Gasteiger partial charge in [-0.15, -0.1) is 0 Å². The van der Waals surface area contributed by atoms with Gasteiger partial charge in [0.05, 0.1) is 5.92 Å². The van der Waals surface area contributed by atoms with Crippen molar-refractivity contribution in [2.24, 2.45) is 0 Å². The first kappa shape index (κ1) is 17.0. The number of hydrogen-bond acceptors (Lipinski definition) is 4. The smallest absolute Gasteiger partial charge is 0.231 e. The minimum Gasteiger partial charge on any atom is -0.342 e. The molecule has 1 amide bonds. The molecule has 2 heterocycles. The molecule has 3 rings (SSSR count). The second kappa shape index (κ2) is 7.79. The average molecular weight is 348 g/mol. The van der Waals surface area contributed by atoms with E-state index in [0.29, 0.717) is 25.4 Å². The second-order valence-corrected chi connectivity index (χ2v) is 6.69. The van der Waals surface area contributed by atoms with Crippen molar-refractivity contribution in [1.82, 2.24) is 15.0 Å². The standard InChI is InChI=1S/C18H22ClN3O2/c1-2-3-16-20-18(24-21-16)14-6-9-17(23)22(12-14)11-10-13-4-7-15(19)8-5-13/h4-5,7-8,14H,2-3,6,9-12H2,1H3/t14-/m1/s1. The van der Waals surface area contributed by atoms with Crippen LogP contribution in [0.1, 0.15) is 49.4 Å². The zero-order chi connectivity index (χ0) is 16.9. The third kappa shape index (κ3) is 4.15. The minimum atomic E-state index is 0.144. The Hall–Kier alpha value is -1.88. The third-order valence-corrected chi connectivity index (χ3v) is 4.64. The molecule has 1 aromatic carbocycles. The largest absolute Gasteiger partial charge is 0.342 e. The monoisotopic (exact) mass is 347 g/mol. The number of benzene rings is 1. The summed E-state index contributed by atoms with van der Waals surface area (Å²) >= 11 is 5.91. The van der Waals surface area contributed by atoms with Crippen molar-refractivity contribution in [2.45, 2.75) is 44.9 Å². The molecule has 0 radical (unpaired) electrons. The highest BCUT2D eigenvalue weighted by molar-refractivity contribution is 6.30. The van der Waals surface area contributed by atoms with Gasteiger partial charge >= 0.3 is 0 Å². The van der Waals surface area contributed by atoms with Gasteiger partial charge in [0.1, 0.15) is 0 Å². The predicted molar refractivity (Wildman–Crippen MR) is 92.0 cm³/mol. The minimum absolute atomic E-state index is 0.144. The Morgan fingerprint density at radius 3 is 2.83 bits per heavy atom. The Morgan fingerprint density at radius 2 is 2.08 bits per heavy atom. The van der Waals surface area contributed by atoms with Gasteiger partial charge in [-0.25, -0.2) is 0 Å². The van der Waals surface area contributed by atoms with Gasteiger partial charge < -0.3 is 9.42 Å². The Kier molecular flexibility index (Phi) is 5.51. The van der Waals surface area contributed by atoms with Gasteiger partial charge in [0.25, 0.3) is 0 Å². The van der Waals surface area contributed by atoms with Crippen LogP contribution in [0.2, 0.25) is 5.02 Å². The summed E-state index contributed by atoms with van der Waals surface area (Å²) in [5.74, 6) is 1.78. The molecule has 1 aromatic heterocycles. The zero-order valence-corrected chi connectivity index (χ0v) is 14.6. The summed E-state index contributed by atoms with van der Waals surface area (Å²) in [5, 5.41) is 4.75. The first-order chi connectivity index (χ1) is 11.7. The van der Waals surface area contributed by atoms with Crippen LogP contribution in [-0.2, 0) is 17.6 Å². The lowest BCUT2D eigenvalue weighted by Crippen LogP contribution is -2.40. The topological polar surface area (TPSA) is 59.2 Å². The number of carbonyl (C=O) groups is 1. The molecule has 1 fully saturated rings. The number of hydrogen-bond donors (Lipinski definition) is 0. The molecule has 0 N–H and O–H groups in total. The summed E-state index contributed by atoms with van der Waals surface area (Å²) in [6.07, 6.45) is 3.96. The molecule has 1 aliphatic rings. The second-order valence-electron chi connectivity index (χ2n) is 6.25. The third-order valence-electron chi connectivity index (χ3n) is 4.39. The maximum atomic E-state index is 12.2. The number of aryl methyl sites for hydroxylation is 1. The molecule has 24 heavy (non-hydrogen) atoms. The predicted octanol–water partition coefficient (Wildman–Crippen LogP) is 3.62. The first-order valence-electron chi connectivity index (χ1n) is 8.50. The molecule has 1 saturated heterocycles. The Labute approximate surface area is 147 Å². The summed E-state index contributed by atoms with van der Waals surface area (Å²) in [6.45, 7) is 3.45. The van der Waals surface area contributed by atoms with E-state index in [1.54, 1.807) is 0 Å². The van der Waals surface area contributed by atoms with E-state index < -0.39 is 0 Å². The lowest BCUT2D eigenvalue weighted by atomic mass is 9.97. The maximum absolute atomic E-state index is 12.2. The highest BCUT2D eigenvalue weighted by Crippen LogP contribution is 2.26. The van der Waals surface area contributed by atoms with Gasteiger partial charge in [-0.1, -0.05) is 35.8 Å². The zero-order valence-electron chi connectivity index (χ0n) is 13.9. The van der Waals surface area contributed by atoms with Gasteiger partial charge in [-0.05, 0) is 37.0 Å². The number of aromatic nitrogens is 2. The van der Waals surface area contributed by atoms with Crippen LogP contribution in [0.5, 0.6) is 0 Å². The normalized spacial score (nSPS) is 18.2. The highest BCUT2D eigenvalue weighted by atomic mass is 35.5. The molecule has 1 aliphatic heterocycles. The fourth-order valence-corrected chi connectivity index (χ4v) is 3.13. The van der Waals surface area contributed by atoms with Crippen LogP contribution >= 0.6 is 11.6 Å². The van der Waals surface area contributed by atoms with Gasteiger partial charge in [0.2, 0.25) is 11.8 Å². The quantitative estimate of drug-likeness (QED) is 0.800. The van der Waals surface area contributed by atoms with Crippen molar-refractivity contribution >= 4 is 17.5 Å². The molecule has 0 spiro atoms. The number of amides is 1. The van der Waals surface area contributed by atoms with E-state index in [-0.39, 0.29) is 11.8 Å². The molecule has 1 atom stereocenters. The SMILES string of the molecule is CCCc1noc([C@@H]2CCC(=O)N(CCc3ccc(Cl)cc3)C2)n1. The molecular weight excluding hydrogens is 326 g/mol. The Bertz CT molecular complexity index is 684. The Balaban J connectivity index is 1.60. The first-order valence-corrected chi connectivity index (χ1v) is 8.88.